The highest BCUT2D eigenvalue weighted by Gasteiger charge is 2.47. The number of carbonyl (C=O) groups excluding carboxylic acids is 2. The van der Waals surface area contributed by atoms with Crippen LogP contribution in [0.25, 0.3) is 5.76 Å². The van der Waals surface area contributed by atoms with Gasteiger partial charge in [0, 0.05) is 19.2 Å². The number of carbonyl (C=O) groups is 2. The Balaban J connectivity index is 2.31. The maximum Gasteiger partial charge on any atom is 0.295 e. The predicted octanol–water partition coefficient (Wildman–Crippen LogP) is 2.79. The molecule has 1 unspecified atom stereocenters. The lowest BCUT2D eigenvalue weighted by molar-refractivity contribution is -0.140. The lowest BCUT2D eigenvalue weighted by Gasteiger charge is -2.27. The van der Waals surface area contributed by atoms with Gasteiger partial charge < -0.3 is 33.7 Å². The fourth-order valence-corrected chi connectivity index (χ4v) is 3.90. The lowest BCUT2D eigenvalue weighted by atomic mass is 9.94. The highest BCUT2D eigenvalue weighted by molar-refractivity contribution is 6.46. The predicted molar refractivity (Wildman–Crippen MR) is 120 cm³/mol. The van der Waals surface area contributed by atoms with Crippen molar-refractivity contribution >= 4 is 17.4 Å². The number of rotatable bonds is 9. The SMILES string of the molecule is COCCN1C(=O)C(=O)/C(=C(/O)c2cc(OC)ccc2OC)C1c1cccc(OC)c1OC. The molecule has 0 aliphatic carbocycles. The molecule has 0 spiro atoms. The molecule has 33 heavy (non-hydrogen) atoms. The van der Waals surface area contributed by atoms with E-state index in [-0.39, 0.29) is 30.0 Å². The maximum absolute atomic E-state index is 13.2. The van der Waals surface area contributed by atoms with Crippen molar-refractivity contribution in [2.24, 2.45) is 0 Å². The molecule has 1 amide bonds. The molecule has 2 aromatic rings. The topological polar surface area (TPSA) is 104 Å². The summed E-state index contributed by atoms with van der Waals surface area (Å²) in [6.07, 6.45) is 0. The van der Waals surface area contributed by atoms with Crippen LogP contribution < -0.4 is 18.9 Å². The second-order valence-electron chi connectivity index (χ2n) is 7.13. The van der Waals surface area contributed by atoms with E-state index in [0.717, 1.165) is 0 Å². The van der Waals surface area contributed by atoms with Gasteiger partial charge in [0.15, 0.2) is 11.5 Å². The lowest BCUT2D eigenvalue weighted by Crippen LogP contribution is -2.32. The third kappa shape index (κ3) is 4.31. The van der Waals surface area contributed by atoms with Crippen LogP contribution in [0, 0.1) is 0 Å². The van der Waals surface area contributed by atoms with Gasteiger partial charge in [-0.25, -0.2) is 0 Å². The van der Waals surface area contributed by atoms with Crippen LogP contribution in [0.4, 0.5) is 0 Å². The Morgan fingerprint density at radius 2 is 1.67 bits per heavy atom. The van der Waals surface area contributed by atoms with Crippen LogP contribution in [0.2, 0.25) is 0 Å². The Hall–Kier alpha value is -3.72. The number of likely N-dealkylation sites (tertiary alicyclic amines) is 1. The molecule has 1 atom stereocenters. The molecule has 1 fully saturated rings. The minimum atomic E-state index is -0.943. The summed E-state index contributed by atoms with van der Waals surface area (Å²) >= 11 is 0. The minimum absolute atomic E-state index is 0.103. The zero-order valence-electron chi connectivity index (χ0n) is 19.2. The van der Waals surface area contributed by atoms with Crippen LogP contribution in [0.15, 0.2) is 42.0 Å². The first kappa shape index (κ1) is 23.9. The van der Waals surface area contributed by atoms with E-state index in [9.17, 15) is 14.7 Å². The van der Waals surface area contributed by atoms with Crippen molar-refractivity contribution < 1.29 is 38.4 Å². The minimum Gasteiger partial charge on any atom is -0.507 e. The molecule has 1 N–H and O–H groups in total. The van der Waals surface area contributed by atoms with Crippen molar-refractivity contribution in [3.8, 4) is 23.0 Å². The van der Waals surface area contributed by atoms with Crippen molar-refractivity contribution in [2.75, 3.05) is 48.7 Å². The van der Waals surface area contributed by atoms with Crippen LogP contribution in [-0.2, 0) is 14.3 Å². The Morgan fingerprint density at radius 3 is 2.27 bits per heavy atom. The van der Waals surface area contributed by atoms with E-state index in [0.29, 0.717) is 28.6 Å². The molecule has 1 saturated heterocycles. The molecular formula is C24H27NO8. The average Bonchev–Trinajstić information content (AvgIpc) is 3.10. The maximum atomic E-state index is 13.2. The zero-order chi connectivity index (χ0) is 24.1. The first-order chi connectivity index (χ1) is 15.9. The fraction of sp³-hybridized carbons (Fsp3) is 0.333. The molecule has 3 rings (SSSR count). The standard InChI is InChI=1S/C24H27NO8/c1-29-12-11-25-20(15-7-6-8-18(32-4)23(15)33-5)19(22(27)24(25)28)21(26)16-13-14(30-2)9-10-17(16)31-3/h6-10,13,20,26H,11-12H2,1-5H3/b21-19+. The van der Waals surface area contributed by atoms with Crippen LogP contribution in [0.5, 0.6) is 23.0 Å². The number of para-hydroxylation sites is 1. The van der Waals surface area contributed by atoms with Crippen LogP contribution in [0.3, 0.4) is 0 Å². The Kier molecular flexibility index (Phi) is 7.44. The van der Waals surface area contributed by atoms with Crippen molar-refractivity contribution in [2.45, 2.75) is 6.04 Å². The van der Waals surface area contributed by atoms with Crippen LogP contribution in [-0.4, -0.2) is 70.4 Å². The quantitative estimate of drug-likeness (QED) is 0.348. The molecule has 0 bridgehead atoms. The molecule has 1 aliphatic heterocycles. The smallest absolute Gasteiger partial charge is 0.295 e. The van der Waals surface area contributed by atoms with Gasteiger partial charge in [-0.2, -0.15) is 0 Å². The summed E-state index contributed by atoms with van der Waals surface area (Å²) in [5.74, 6) is -0.453. The average molecular weight is 457 g/mol. The molecule has 176 valence electrons. The van der Waals surface area contributed by atoms with Crippen molar-refractivity contribution in [3.05, 3.63) is 53.1 Å². The van der Waals surface area contributed by atoms with Crippen molar-refractivity contribution in [1.82, 2.24) is 4.90 Å². The number of aliphatic hydroxyl groups is 1. The van der Waals surface area contributed by atoms with E-state index in [4.69, 9.17) is 23.7 Å². The molecule has 0 saturated carbocycles. The van der Waals surface area contributed by atoms with Crippen molar-refractivity contribution in [3.63, 3.8) is 0 Å². The van der Waals surface area contributed by atoms with E-state index in [1.165, 1.54) is 46.5 Å². The van der Waals surface area contributed by atoms with Gasteiger partial charge in [-0.15, -0.1) is 0 Å². The molecule has 9 nitrogen and oxygen atoms in total. The van der Waals surface area contributed by atoms with E-state index < -0.39 is 17.7 Å². The van der Waals surface area contributed by atoms with E-state index in [1.54, 1.807) is 30.3 Å². The van der Waals surface area contributed by atoms with Gasteiger partial charge in [-0.3, -0.25) is 9.59 Å². The number of nitrogens with zero attached hydrogens (tertiary/aromatic N) is 1. The summed E-state index contributed by atoms with van der Waals surface area (Å²) in [5.41, 5.74) is 0.596. The first-order valence-corrected chi connectivity index (χ1v) is 10.1. The summed E-state index contributed by atoms with van der Waals surface area (Å²) in [6, 6.07) is 9.00. The molecule has 2 aromatic carbocycles. The number of benzene rings is 2. The largest absolute Gasteiger partial charge is 0.507 e. The van der Waals surface area contributed by atoms with Gasteiger partial charge in [0.05, 0.1) is 52.2 Å². The Bertz CT molecular complexity index is 1080. The van der Waals surface area contributed by atoms with E-state index in [1.807, 2.05) is 0 Å². The summed E-state index contributed by atoms with van der Waals surface area (Å²) in [5, 5.41) is 11.3. The normalized spacial score (nSPS) is 17.2. The second kappa shape index (κ2) is 10.3. The number of Topliss-reactive ketones (excluding diaryl/α,β-unsaturated/α-hetero) is 1. The van der Waals surface area contributed by atoms with Crippen LogP contribution >= 0.6 is 0 Å². The van der Waals surface area contributed by atoms with Gasteiger partial charge in [0.25, 0.3) is 11.7 Å². The number of amides is 1. The third-order valence-electron chi connectivity index (χ3n) is 5.47. The summed E-state index contributed by atoms with van der Waals surface area (Å²) in [6.45, 7) is 0.316. The Morgan fingerprint density at radius 1 is 0.939 bits per heavy atom. The van der Waals surface area contributed by atoms with Gasteiger partial charge >= 0.3 is 0 Å². The molecule has 9 heteroatoms. The highest BCUT2D eigenvalue weighted by Crippen LogP contribution is 2.46. The number of ketones is 1. The summed E-state index contributed by atoms with van der Waals surface area (Å²) < 4.78 is 26.7. The molecule has 0 aromatic heterocycles. The number of aliphatic hydroxyl groups excluding tert-OH is 1. The third-order valence-corrected chi connectivity index (χ3v) is 5.47. The number of hydrogen-bond donors (Lipinski definition) is 1. The number of ether oxygens (including phenoxy) is 5. The monoisotopic (exact) mass is 457 g/mol. The molecule has 1 heterocycles. The fourth-order valence-electron chi connectivity index (χ4n) is 3.90. The number of hydrogen-bond acceptors (Lipinski definition) is 8. The van der Waals surface area contributed by atoms with Gasteiger partial charge in [-0.05, 0) is 24.3 Å². The molecular weight excluding hydrogens is 430 g/mol. The molecule has 0 radical (unpaired) electrons. The number of methoxy groups -OCH3 is 5. The summed E-state index contributed by atoms with van der Waals surface area (Å²) in [7, 11) is 7.38. The van der Waals surface area contributed by atoms with E-state index in [2.05, 4.69) is 0 Å². The van der Waals surface area contributed by atoms with Gasteiger partial charge in [0.1, 0.15) is 17.3 Å². The van der Waals surface area contributed by atoms with Crippen LogP contribution in [0.1, 0.15) is 17.2 Å². The van der Waals surface area contributed by atoms with Gasteiger partial charge in [-0.1, -0.05) is 12.1 Å². The molecule has 1 aliphatic rings. The van der Waals surface area contributed by atoms with Gasteiger partial charge in [0.2, 0.25) is 0 Å². The highest BCUT2D eigenvalue weighted by atomic mass is 16.5. The van der Waals surface area contributed by atoms with Crippen molar-refractivity contribution in [1.29, 1.82) is 0 Å². The summed E-state index contributed by atoms with van der Waals surface area (Å²) in [4.78, 5) is 27.6. The first-order valence-electron chi connectivity index (χ1n) is 10.1. The Labute approximate surface area is 192 Å². The zero-order valence-corrected chi connectivity index (χ0v) is 19.2. The van der Waals surface area contributed by atoms with E-state index >= 15 is 0 Å². The second-order valence-corrected chi connectivity index (χ2v) is 7.13.